The lowest BCUT2D eigenvalue weighted by Gasteiger charge is -2.36. The van der Waals surface area contributed by atoms with Crippen LogP contribution < -0.4 is 14.5 Å². The van der Waals surface area contributed by atoms with Gasteiger partial charge in [0.05, 0.1) is 17.7 Å². The number of anilines is 2. The maximum atomic E-state index is 6.80. The summed E-state index contributed by atoms with van der Waals surface area (Å²) in [5.41, 5.74) is 11.5. The molecule has 5 heteroatoms. The maximum absolute atomic E-state index is 6.80. The van der Waals surface area contributed by atoms with E-state index in [1.54, 1.807) is 0 Å². The third kappa shape index (κ3) is 7.69. The van der Waals surface area contributed by atoms with Crippen molar-refractivity contribution in [3.63, 3.8) is 0 Å². The summed E-state index contributed by atoms with van der Waals surface area (Å²) in [6.45, 7) is 24.2. The molecule has 9 rings (SSSR count). The summed E-state index contributed by atoms with van der Waals surface area (Å²) in [6.07, 6.45) is 1.85. The molecule has 8 aromatic rings. The first-order valence-electron chi connectivity index (χ1n) is 22.3. The van der Waals surface area contributed by atoms with Gasteiger partial charge in [-0.3, -0.25) is 4.57 Å². The van der Waals surface area contributed by atoms with Gasteiger partial charge in [-0.1, -0.05) is 166 Å². The summed E-state index contributed by atoms with van der Waals surface area (Å²) >= 11 is 0. The van der Waals surface area contributed by atoms with Crippen molar-refractivity contribution >= 4 is 33.2 Å². The van der Waals surface area contributed by atoms with Gasteiger partial charge in [0, 0.05) is 73.5 Å². The highest BCUT2D eigenvalue weighted by atomic mass is 16.5. The molecule has 0 saturated heterocycles. The van der Waals surface area contributed by atoms with Gasteiger partial charge in [-0.25, -0.2) is 4.98 Å². The van der Waals surface area contributed by atoms with Crippen molar-refractivity contribution in [3.05, 3.63) is 204 Å². The van der Waals surface area contributed by atoms with Gasteiger partial charge in [0.15, 0.2) is 0 Å². The van der Waals surface area contributed by atoms with Crippen LogP contribution in [0.2, 0.25) is 0 Å². The van der Waals surface area contributed by atoms with E-state index in [1.807, 2.05) is 18.3 Å². The molecule has 0 aliphatic carbocycles. The summed E-state index contributed by atoms with van der Waals surface area (Å²) in [7, 11) is 0. The van der Waals surface area contributed by atoms with Crippen LogP contribution in [0.15, 0.2) is 181 Å². The molecule has 0 fully saturated rings. The number of fused-ring (bicyclic) bond motifs is 3. The Hall–Kier alpha value is -6.59. The fourth-order valence-electron chi connectivity index (χ4n) is 9.61. The predicted octanol–water partition coefficient (Wildman–Crippen LogP) is 15.2. The van der Waals surface area contributed by atoms with Crippen molar-refractivity contribution in [2.24, 2.45) is 10.8 Å². The molecule has 318 valence electrons. The zero-order valence-corrected chi connectivity index (χ0v) is 38.6. The first-order chi connectivity index (χ1) is 30.0. The van der Waals surface area contributed by atoms with E-state index in [2.05, 4.69) is 235 Å². The van der Waals surface area contributed by atoms with E-state index in [0.717, 1.165) is 39.4 Å². The second-order valence-electron chi connectivity index (χ2n) is 20.3. The average molecular weight is 829 g/mol. The number of hydrogen-bond acceptors (Lipinski definition) is 4. The lowest BCUT2D eigenvalue weighted by atomic mass is 9.73. The van der Waals surface area contributed by atoms with E-state index in [-0.39, 0.29) is 21.7 Å². The fourth-order valence-corrected chi connectivity index (χ4v) is 9.61. The number of rotatable bonds is 9. The van der Waals surface area contributed by atoms with Crippen LogP contribution in [-0.4, -0.2) is 16.2 Å². The molecular formula is C58H60N4O. The van der Waals surface area contributed by atoms with Gasteiger partial charge in [0.2, 0.25) is 0 Å². The first kappa shape index (κ1) is 41.7. The van der Waals surface area contributed by atoms with Crippen molar-refractivity contribution in [2.75, 3.05) is 16.5 Å². The molecule has 1 aliphatic heterocycles. The Kier molecular flexibility index (Phi) is 10.4. The van der Waals surface area contributed by atoms with E-state index in [0.29, 0.717) is 6.67 Å². The van der Waals surface area contributed by atoms with Crippen molar-refractivity contribution in [1.82, 2.24) is 9.55 Å². The zero-order valence-electron chi connectivity index (χ0n) is 38.6. The highest BCUT2D eigenvalue weighted by Crippen LogP contribution is 2.50. The fraction of sp³-hybridized carbons (Fsp3) is 0.259. The molecule has 0 amide bonds. The molecular weight excluding hydrogens is 769 g/mol. The quantitative estimate of drug-likeness (QED) is 0.145. The van der Waals surface area contributed by atoms with E-state index in [9.17, 15) is 0 Å². The van der Waals surface area contributed by atoms with Gasteiger partial charge in [0.25, 0.3) is 0 Å². The summed E-state index contributed by atoms with van der Waals surface area (Å²) in [5, 5.41) is 2.35. The van der Waals surface area contributed by atoms with Gasteiger partial charge < -0.3 is 14.5 Å². The number of ether oxygens (including phenoxy) is 1. The normalized spacial score (nSPS) is 14.0. The van der Waals surface area contributed by atoms with Crippen LogP contribution in [0.4, 0.5) is 11.4 Å². The Labute approximate surface area is 374 Å². The monoisotopic (exact) mass is 828 g/mol. The van der Waals surface area contributed by atoms with Crippen LogP contribution in [0.1, 0.15) is 91.5 Å². The van der Waals surface area contributed by atoms with E-state index < -0.39 is 0 Å². The average Bonchev–Trinajstić information content (AvgIpc) is 3.86. The molecule has 3 heterocycles. The number of aromatic nitrogens is 2. The van der Waals surface area contributed by atoms with Crippen molar-refractivity contribution in [2.45, 2.75) is 80.1 Å². The van der Waals surface area contributed by atoms with Gasteiger partial charge in [-0.15, -0.1) is 0 Å². The second kappa shape index (κ2) is 15.6. The highest BCUT2D eigenvalue weighted by Gasteiger charge is 2.42. The molecule has 0 N–H and O–H groups in total. The summed E-state index contributed by atoms with van der Waals surface area (Å²) in [6, 6.07) is 58.8. The Morgan fingerprint density at radius 2 is 0.968 bits per heavy atom. The van der Waals surface area contributed by atoms with Crippen LogP contribution >= 0.6 is 0 Å². The summed E-state index contributed by atoms with van der Waals surface area (Å²) in [5.74, 6) is 2.44. The lowest BCUT2D eigenvalue weighted by Crippen LogP contribution is -2.32. The number of allylic oxidation sites excluding steroid dienone is 2. The van der Waals surface area contributed by atoms with Gasteiger partial charge >= 0.3 is 0 Å². The minimum Gasteiger partial charge on any atom is -0.457 e. The Balaban J connectivity index is 1.15. The molecule has 0 unspecified atom stereocenters. The number of hydrogen-bond donors (Lipinski definition) is 0. The van der Waals surface area contributed by atoms with Crippen molar-refractivity contribution in [1.29, 1.82) is 0 Å². The van der Waals surface area contributed by atoms with Gasteiger partial charge in [-0.05, 0) is 76.9 Å². The zero-order chi connectivity index (χ0) is 44.3. The summed E-state index contributed by atoms with van der Waals surface area (Å²) in [4.78, 5) is 9.85. The molecule has 6 aromatic carbocycles. The molecule has 0 bridgehead atoms. The van der Waals surface area contributed by atoms with E-state index in [1.165, 1.54) is 44.7 Å². The Morgan fingerprint density at radius 1 is 0.429 bits per heavy atom. The van der Waals surface area contributed by atoms with Gasteiger partial charge in [0.1, 0.15) is 17.3 Å². The molecule has 0 radical (unpaired) electrons. The standard InChI is InChI=1S/C58H60N4O/c1-55(2,3)53-54(56(4,5)6)61(45-35-42(57(7,8)40-22-13-11-14-23-40)34-43(36-45)58(9,10)41-24-15-12-16-25-41)39-60(53)44-26-21-27-46(37-44)63-47-31-32-49-48-28-17-18-29-50(48)62(51(49)38-47)52-30-19-20-33-59-52/h11-38H,39H2,1-10H3. The Morgan fingerprint density at radius 3 is 1.56 bits per heavy atom. The summed E-state index contributed by atoms with van der Waals surface area (Å²) < 4.78 is 9.03. The molecule has 63 heavy (non-hydrogen) atoms. The van der Waals surface area contributed by atoms with Crippen molar-refractivity contribution in [3.8, 4) is 17.3 Å². The minimum atomic E-state index is -0.239. The Bertz CT molecular complexity index is 2900. The first-order valence-corrected chi connectivity index (χ1v) is 22.3. The van der Waals surface area contributed by atoms with Crippen LogP contribution in [-0.2, 0) is 10.8 Å². The second-order valence-corrected chi connectivity index (χ2v) is 20.3. The smallest absolute Gasteiger partial charge is 0.137 e. The maximum Gasteiger partial charge on any atom is 0.137 e. The van der Waals surface area contributed by atoms with Crippen molar-refractivity contribution < 1.29 is 4.74 Å². The third-order valence-corrected chi connectivity index (χ3v) is 13.0. The van der Waals surface area contributed by atoms with Gasteiger partial charge in [-0.2, -0.15) is 0 Å². The highest BCUT2D eigenvalue weighted by molar-refractivity contribution is 6.09. The third-order valence-electron chi connectivity index (χ3n) is 13.0. The molecule has 0 atom stereocenters. The largest absolute Gasteiger partial charge is 0.457 e. The number of para-hydroxylation sites is 1. The van der Waals surface area contributed by atoms with Crippen LogP contribution in [0.25, 0.3) is 27.6 Å². The lowest BCUT2D eigenvalue weighted by molar-refractivity contribution is 0.444. The van der Waals surface area contributed by atoms with Crippen LogP contribution in [0.3, 0.4) is 0 Å². The predicted molar refractivity (Wildman–Crippen MR) is 264 cm³/mol. The minimum absolute atomic E-state index is 0.174. The number of nitrogens with zero attached hydrogens (tertiary/aromatic N) is 4. The number of benzene rings is 6. The molecule has 1 aliphatic rings. The number of pyridine rings is 1. The topological polar surface area (TPSA) is 33.5 Å². The SMILES string of the molecule is CC(C)(C)C1=C(C(C)(C)C)N(c2cc(C(C)(C)c3ccccc3)cc(C(C)(C)c3ccccc3)c2)CN1c1cccc(Oc2ccc3c4ccccc4n(-c4ccccn4)c3c2)c1. The van der Waals surface area contributed by atoms with Crippen LogP contribution in [0.5, 0.6) is 11.5 Å². The molecule has 0 spiro atoms. The molecule has 0 saturated carbocycles. The van der Waals surface area contributed by atoms with E-state index in [4.69, 9.17) is 9.72 Å². The van der Waals surface area contributed by atoms with E-state index >= 15 is 0 Å². The molecule has 2 aromatic heterocycles. The molecule has 5 nitrogen and oxygen atoms in total. The van der Waals surface area contributed by atoms with Crippen LogP contribution in [0, 0.1) is 10.8 Å².